The van der Waals surface area contributed by atoms with Crippen LogP contribution in [0.5, 0.6) is 0 Å². The lowest BCUT2D eigenvalue weighted by Gasteiger charge is -2.17. The fourth-order valence-corrected chi connectivity index (χ4v) is 2.43. The van der Waals surface area contributed by atoms with Crippen molar-refractivity contribution in [1.29, 1.82) is 0 Å². The Kier molecular flexibility index (Phi) is 4.68. The Morgan fingerprint density at radius 2 is 1.93 bits per heavy atom. The van der Waals surface area contributed by atoms with E-state index in [4.69, 9.17) is 5.73 Å². The maximum Gasteiger partial charge on any atom is 0.0189 e. The van der Waals surface area contributed by atoms with Crippen LogP contribution < -0.4 is 5.73 Å². The molecule has 84 valence electrons. The van der Waals surface area contributed by atoms with Gasteiger partial charge in [0.15, 0.2) is 0 Å². The Morgan fingerprint density at radius 1 is 1.27 bits per heavy atom. The third-order valence-electron chi connectivity index (χ3n) is 2.69. The minimum Gasteiger partial charge on any atom is -0.326 e. The molecule has 0 fully saturated rings. The normalized spacial score (nSPS) is 13.2. The van der Waals surface area contributed by atoms with Crippen LogP contribution in [0.4, 0.5) is 0 Å². The molecule has 1 unspecified atom stereocenters. The molecule has 0 aliphatic rings. The molecule has 2 N–H and O–H groups in total. The van der Waals surface area contributed by atoms with Gasteiger partial charge < -0.3 is 5.73 Å². The van der Waals surface area contributed by atoms with E-state index < -0.39 is 0 Å². The Labute approximate surface area is 97.4 Å². The quantitative estimate of drug-likeness (QED) is 0.789. The Bertz CT molecular complexity index is 320. The highest BCUT2D eigenvalue weighted by molar-refractivity contribution is 8.00. The summed E-state index contributed by atoms with van der Waals surface area (Å²) in [6.45, 7) is 9.53. The molecule has 15 heavy (non-hydrogen) atoms. The first-order valence-corrected chi connectivity index (χ1v) is 6.38. The number of hydrogen-bond acceptors (Lipinski definition) is 2. The smallest absolute Gasteiger partial charge is 0.0189 e. The summed E-state index contributed by atoms with van der Waals surface area (Å²) in [5.41, 5.74) is 8.32. The van der Waals surface area contributed by atoms with Crippen molar-refractivity contribution in [2.75, 3.05) is 0 Å². The van der Waals surface area contributed by atoms with Gasteiger partial charge in [0.2, 0.25) is 0 Å². The van der Waals surface area contributed by atoms with Crippen LogP contribution >= 0.6 is 11.8 Å². The first-order valence-electron chi connectivity index (χ1n) is 5.51. The molecule has 1 atom stereocenters. The van der Waals surface area contributed by atoms with Crippen molar-refractivity contribution >= 4 is 11.8 Å². The van der Waals surface area contributed by atoms with Crippen LogP contribution in [0.3, 0.4) is 0 Å². The zero-order valence-corrected chi connectivity index (χ0v) is 10.9. The lowest BCUT2D eigenvalue weighted by atomic mass is 10.1. The number of aryl methyl sites for hydroxylation is 1. The second-order valence-corrected chi connectivity index (χ2v) is 5.80. The average Bonchev–Trinajstić information content (AvgIpc) is 2.20. The van der Waals surface area contributed by atoms with Crippen LogP contribution in [0.15, 0.2) is 23.1 Å². The summed E-state index contributed by atoms with van der Waals surface area (Å²) in [6.07, 6.45) is 0. The number of hydrogen-bond donors (Lipinski definition) is 1. The summed E-state index contributed by atoms with van der Waals surface area (Å²) < 4.78 is 0. The van der Waals surface area contributed by atoms with Crippen molar-refractivity contribution < 1.29 is 0 Å². The highest BCUT2D eigenvalue weighted by Crippen LogP contribution is 2.30. The highest BCUT2D eigenvalue weighted by atomic mass is 32.2. The van der Waals surface area contributed by atoms with Crippen molar-refractivity contribution in [3.05, 3.63) is 29.3 Å². The fourth-order valence-electron chi connectivity index (χ4n) is 1.32. The summed E-state index contributed by atoms with van der Waals surface area (Å²) in [5.74, 6) is 0.696. The molecular weight excluding hydrogens is 202 g/mol. The molecule has 0 spiro atoms. The summed E-state index contributed by atoms with van der Waals surface area (Å²) in [5, 5.41) is 0.637. The van der Waals surface area contributed by atoms with Gasteiger partial charge in [-0.1, -0.05) is 38.5 Å². The molecule has 0 bridgehead atoms. The lowest BCUT2D eigenvalue weighted by Crippen LogP contribution is -2.07. The van der Waals surface area contributed by atoms with Gasteiger partial charge in [-0.05, 0) is 24.5 Å². The van der Waals surface area contributed by atoms with Gasteiger partial charge in [-0.2, -0.15) is 0 Å². The van der Waals surface area contributed by atoms with Gasteiger partial charge in [-0.3, -0.25) is 0 Å². The molecule has 0 saturated heterocycles. The third-order valence-corrected chi connectivity index (χ3v) is 4.26. The van der Waals surface area contributed by atoms with E-state index in [1.807, 2.05) is 11.8 Å². The predicted octanol–water partition coefficient (Wildman–Crippen LogP) is 3.59. The van der Waals surface area contributed by atoms with Gasteiger partial charge in [0.25, 0.3) is 0 Å². The van der Waals surface area contributed by atoms with E-state index in [1.54, 1.807) is 0 Å². The number of benzene rings is 1. The molecule has 0 aliphatic carbocycles. The van der Waals surface area contributed by atoms with Crippen LogP contribution in [0.1, 0.15) is 31.9 Å². The molecule has 2 heteroatoms. The second-order valence-electron chi connectivity index (χ2n) is 4.38. The average molecular weight is 223 g/mol. The molecular formula is C13H21NS. The Balaban J connectivity index is 2.84. The molecule has 1 aromatic rings. The van der Waals surface area contributed by atoms with E-state index in [2.05, 4.69) is 45.9 Å². The molecule has 0 aromatic heterocycles. The molecule has 0 saturated carbocycles. The maximum absolute atomic E-state index is 5.76. The maximum atomic E-state index is 5.76. The summed E-state index contributed by atoms with van der Waals surface area (Å²) >= 11 is 1.93. The van der Waals surface area contributed by atoms with Gasteiger partial charge in [-0.25, -0.2) is 0 Å². The monoisotopic (exact) mass is 223 g/mol. The predicted molar refractivity (Wildman–Crippen MR) is 69.2 cm³/mol. The van der Waals surface area contributed by atoms with Crippen molar-refractivity contribution in [1.82, 2.24) is 0 Å². The number of nitrogens with two attached hydrogens (primary N) is 1. The van der Waals surface area contributed by atoms with Gasteiger partial charge in [0, 0.05) is 16.7 Å². The minimum absolute atomic E-state index is 0.634. The highest BCUT2D eigenvalue weighted by Gasteiger charge is 2.11. The van der Waals surface area contributed by atoms with Crippen LogP contribution in [-0.2, 0) is 6.54 Å². The van der Waals surface area contributed by atoms with E-state index in [0.717, 1.165) is 0 Å². The van der Waals surface area contributed by atoms with E-state index >= 15 is 0 Å². The first kappa shape index (κ1) is 12.6. The second kappa shape index (κ2) is 5.57. The van der Waals surface area contributed by atoms with Crippen molar-refractivity contribution in [2.45, 2.75) is 44.4 Å². The number of thioether (sulfide) groups is 1. The topological polar surface area (TPSA) is 26.0 Å². The molecule has 0 aliphatic heterocycles. The molecule has 1 aromatic carbocycles. The minimum atomic E-state index is 0.634. The van der Waals surface area contributed by atoms with E-state index in [1.165, 1.54) is 16.0 Å². The summed E-state index contributed by atoms with van der Waals surface area (Å²) in [6, 6.07) is 6.55. The largest absolute Gasteiger partial charge is 0.326 e. The zero-order valence-electron chi connectivity index (χ0n) is 10.1. The van der Waals surface area contributed by atoms with Gasteiger partial charge in [-0.15, -0.1) is 11.8 Å². The van der Waals surface area contributed by atoms with Gasteiger partial charge in [0.05, 0.1) is 0 Å². The Morgan fingerprint density at radius 3 is 2.47 bits per heavy atom. The van der Waals surface area contributed by atoms with Gasteiger partial charge >= 0.3 is 0 Å². The first-order chi connectivity index (χ1) is 7.04. The molecule has 0 amide bonds. The molecule has 1 rings (SSSR count). The fraction of sp³-hybridized carbons (Fsp3) is 0.538. The Hall–Kier alpha value is -0.470. The zero-order chi connectivity index (χ0) is 11.4. The summed E-state index contributed by atoms with van der Waals surface area (Å²) in [4.78, 5) is 1.34. The van der Waals surface area contributed by atoms with Crippen molar-refractivity contribution in [2.24, 2.45) is 11.7 Å². The van der Waals surface area contributed by atoms with E-state index in [-0.39, 0.29) is 0 Å². The lowest BCUT2D eigenvalue weighted by molar-refractivity contribution is 0.642. The molecule has 0 radical (unpaired) electrons. The van der Waals surface area contributed by atoms with Crippen LogP contribution in [0.25, 0.3) is 0 Å². The van der Waals surface area contributed by atoms with Crippen LogP contribution in [-0.4, -0.2) is 5.25 Å². The van der Waals surface area contributed by atoms with Crippen molar-refractivity contribution in [3.8, 4) is 0 Å². The molecule has 1 nitrogen and oxygen atoms in total. The van der Waals surface area contributed by atoms with Crippen LogP contribution in [0, 0.1) is 12.8 Å². The third kappa shape index (κ3) is 3.54. The van der Waals surface area contributed by atoms with E-state index in [9.17, 15) is 0 Å². The van der Waals surface area contributed by atoms with E-state index in [0.29, 0.717) is 17.7 Å². The van der Waals surface area contributed by atoms with Crippen LogP contribution in [0.2, 0.25) is 0 Å². The van der Waals surface area contributed by atoms with Gasteiger partial charge in [0.1, 0.15) is 0 Å². The molecule has 0 heterocycles. The summed E-state index contributed by atoms with van der Waals surface area (Å²) in [7, 11) is 0. The SMILES string of the molecule is Cc1ccc(SC(C)C(C)C)c(CN)c1. The number of rotatable bonds is 4. The van der Waals surface area contributed by atoms with Crippen molar-refractivity contribution in [3.63, 3.8) is 0 Å². The standard InChI is InChI=1S/C13H21NS/c1-9(2)11(4)15-13-6-5-10(3)7-12(13)8-14/h5-7,9,11H,8,14H2,1-4H3.